The van der Waals surface area contributed by atoms with Crippen LogP contribution in [0.3, 0.4) is 0 Å². The molecule has 5 rings (SSSR count). The average molecular weight is 445 g/mol. The molecule has 1 aliphatic heterocycles. The van der Waals surface area contributed by atoms with Crippen molar-refractivity contribution in [2.45, 2.75) is 12.6 Å². The lowest BCUT2D eigenvalue weighted by molar-refractivity contribution is 0.0333. The van der Waals surface area contributed by atoms with Crippen LogP contribution in [0.25, 0.3) is 21.7 Å². The number of carbonyl (C=O) groups excluding carboxylic acids is 1. The van der Waals surface area contributed by atoms with E-state index in [-0.39, 0.29) is 40.7 Å². The molecule has 4 heterocycles. The number of benzene rings is 1. The first-order valence-corrected chi connectivity index (χ1v) is 9.75. The lowest BCUT2D eigenvalue weighted by Crippen LogP contribution is -2.37. The highest BCUT2D eigenvalue weighted by atomic mass is 35.5. The third-order valence-electron chi connectivity index (χ3n) is 5.56. The summed E-state index contributed by atoms with van der Waals surface area (Å²) in [7, 11) is 1.58. The normalized spacial score (nSPS) is 15.9. The average Bonchev–Trinajstić information content (AvgIpc) is 3.19. The topological polar surface area (TPSA) is 91.1 Å². The second-order valence-electron chi connectivity index (χ2n) is 7.35. The number of ether oxygens (including phenoxy) is 1. The Morgan fingerprint density at radius 1 is 1.19 bits per heavy atom. The molecular formula is C21H15ClF2N4O3. The van der Waals surface area contributed by atoms with Crippen LogP contribution in [0.4, 0.5) is 8.78 Å². The van der Waals surface area contributed by atoms with E-state index in [9.17, 15) is 18.4 Å². The maximum absolute atomic E-state index is 14.0. The standard InChI is InChI=1S/C21H15ClF2N4O3/c1-28(21(30)15-6-11-14(26-15)2-3-25-19(11)22)17-8-31-7-16-18(17)9-4-12(23)13(24)5-10(9)20(29)27-16/h2-6,17,26H,7-8H2,1H3,(H,27,29)/t17-/m1/s1. The van der Waals surface area contributed by atoms with Gasteiger partial charge < -0.3 is 19.6 Å². The molecule has 0 unspecified atom stereocenters. The maximum Gasteiger partial charge on any atom is 0.270 e. The molecule has 7 nitrogen and oxygen atoms in total. The summed E-state index contributed by atoms with van der Waals surface area (Å²) >= 11 is 6.10. The molecule has 158 valence electrons. The number of hydrogen-bond acceptors (Lipinski definition) is 4. The predicted octanol–water partition coefficient (Wildman–Crippen LogP) is 3.68. The predicted molar refractivity (Wildman–Crippen MR) is 110 cm³/mol. The Bertz CT molecular complexity index is 1430. The maximum atomic E-state index is 14.0. The number of nitrogens with one attached hydrogen (secondary N) is 2. The molecule has 1 amide bonds. The zero-order valence-corrected chi connectivity index (χ0v) is 16.9. The summed E-state index contributed by atoms with van der Waals surface area (Å²) < 4.78 is 33.4. The molecule has 0 radical (unpaired) electrons. The minimum Gasteiger partial charge on any atom is -0.373 e. The number of hydrogen-bond donors (Lipinski definition) is 2. The van der Waals surface area contributed by atoms with Gasteiger partial charge in [0.15, 0.2) is 11.6 Å². The summed E-state index contributed by atoms with van der Waals surface area (Å²) in [5.41, 5.74) is 1.33. The lowest BCUT2D eigenvalue weighted by atomic mass is 9.95. The van der Waals surface area contributed by atoms with Gasteiger partial charge >= 0.3 is 0 Å². The summed E-state index contributed by atoms with van der Waals surface area (Å²) in [6, 6.07) is 4.52. The largest absolute Gasteiger partial charge is 0.373 e. The highest BCUT2D eigenvalue weighted by Gasteiger charge is 2.32. The second kappa shape index (κ2) is 7.14. The molecule has 10 heteroatoms. The molecule has 1 aliphatic rings. The Hall–Kier alpha value is -3.30. The summed E-state index contributed by atoms with van der Waals surface area (Å²) in [5, 5.41) is 1.12. The van der Waals surface area contributed by atoms with Crippen LogP contribution in [0.2, 0.25) is 5.15 Å². The van der Waals surface area contributed by atoms with Gasteiger partial charge in [0, 0.05) is 29.9 Å². The van der Waals surface area contributed by atoms with Crippen molar-refractivity contribution in [3.63, 3.8) is 0 Å². The Labute approximate surface area is 178 Å². The molecular weight excluding hydrogens is 430 g/mol. The second-order valence-corrected chi connectivity index (χ2v) is 7.71. The Morgan fingerprint density at radius 3 is 2.68 bits per heavy atom. The van der Waals surface area contributed by atoms with Gasteiger partial charge in [-0.25, -0.2) is 13.8 Å². The van der Waals surface area contributed by atoms with E-state index in [2.05, 4.69) is 15.0 Å². The van der Waals surface area contributed by atoms with Gasteiger partial charge in [-0.1, -0.05) is 11.6 Å². The van der Waals surface area contributed by atoms with Gasteiger partial charge in [0.25, 0.3) is 11.5 Å². The number of pyridine rings is 2. The van der Waals surface area contributed by atoms with E-state index in [0.717, 1.165) is 12.1 Å². The van der Waals surface area contributed by atoms with Gasteiger partial charge in [0.1, 0.15) is 10.8 Å². The number of H-pyrrole nitrogens is 2. The number of aromatic amines is 2. The molecule has 0 spiro atoms. The summed E-state index contributed by atoms with van der Waals surface area (Å²) in [6.45, 7) is 0.212. The zero-order chi connectivity index (χ0) is 21.9. The summed E-state index contributed by atoms with van der Waals surface area (Å²) in [6.07, 6.45) is 1.53. The number of fused-ring (bicyclic) bond motifs is 4. The fraction of sp³-hybridized carbons (Fsp3) is 0.190. The molecule has 31 heavy (non-hydrogen) atoms. The van der Waals surface area contributed by atoms with Crippen molar-refractivity contribution in [2.24, 2.45) is 0 Å². The molecule has 0 saturated carbocycles. The van der Waals surface area contributed by atoms with Gasteiger partial charge in [-0.05, 0) is 29.7 Å². The quantitative estimate of drug-likeness (QED) is 0.461. The van der Waals surface area contributed by atoms with E-state index >= 15 is 0 Å². The zero-order valence-electron chi connectivity index (χ0n) is 16.1. The molecule has 3 aromatic heterocycles. The van der Waals surface area contributed by atoms with Crippen LogP contribution in [0, 0.1) is 11.6 Å². The fourth-order valence-electron chi connectivity index (χ4n) is 4.01. The van der Waals surface area contributed by atoms with E-state index in [1.165, 1.54) is 11.1 Å². The van der Waals surface area contributed by atoms with E-state index in [4.69, 9.17) is 16.3 Å². The van der Waals surface area contributed by atoms with Crippen LogP contribution in [-0.2, 0) is 11.3 Å². The fourth-order valence-corrected chi connectivity index (χ4v) is 4.23. The van der Waals surface area contributed by atoms with Gasteiger partial charge in [-0.15, -0.1) is 0 Å². The van der Waals surface area contributed by atoms with Crippen molar-refractivity contribution in [1.29, 1.82) is 0 Å². The number of halogens is 3. The van der Waals surface area contributed by atoms with Crippen LogP contribution >= 0.6 is 11.6 Å². The van der Waals surface area contributed by atoms with Crippen LogP contribution in [0.15, 0.2) is 35.3 Å². The van der Waals surface area contributed by atoms with E-state index < -0.39 is 23.2 Å². The highest BCUT2D eigenvalue weighted by Crippen LogP contribution is 2.34. The molecule has 0 aliphatic carbocycles. The van der Waals surface area contributed by atoms with Crippen molar-refractivity contribution in [3.05, 3.63) is 74.6 Å². The van der Waals surface area contributed by atoms with Gasteiger partial charge in [0.05, 0.1) is 30.2 Å². The van der Waals surface area contributed by atoms with Gasteiger partial charge in [-0.3, -0.25) is 9.59 Å². The van der Waals surface area contributed by atoms with E-state index in [1.807, 2.05) is 0 Å². The van der Waals surface area contributed by atoms with Gasteiger partial charge in [-0.2, -0.15) is 0 Å². The minimum atomic E-state index is -1.12. The van der Waals surface area contributed by atoms with Crippen LogP contribution in [0.5, 0.6) is 0 Å². The van der Waals surface area contributed by atoms with Crippen molar-refractivity contribution in [1.82, 2.24) is 19.9 Å². The summed E-state index contributed by atoms with van der Waals surface area (Å²) in [4.78, 5) is 36.7. The Kier molecular flexibility index (Phi) is 4.53. The van der Waals surface area contributed by atoms with Crippen LogP contribution in [0.1, 0.15) is 27.8 Å². The molecule has 1 atom stereocenters. The number of amides is 1. The Balaban J connectivity index is 1.62. The first-order chi connectivity index (χ1) is 14.8. The van der Waals surface area contributed by atoms with Crippen LogP contribution < -0.4 is 5.56 Å². The van der Waals surface area contributed by atoms with E-state index in [1.54, 1.807) is 19.2 Å². The molecule has 0 saturated heterocycles. The highest BCUT2D eigenvalue weighted by molar-refractivity contribution is 6.34. The summed E-state index contributed by atoms with van der Waals surface area (Å²) in [5.74, 6) is -2.55. The molecule has 1 aromatic carbocycles. The first-order valence-electron chi connectivity index (χ1n) is 9.37. The lowest BCUT2D eigenvalue weighted by Gasteiger charge is -2.33. The minimum absolute atomic E-state index is 0.00821. The monoisotopic (exact) mass is 444 g/mol. The molecule has 0 fully saturated rings. The van der Waals surface area contributed by atoms with E-state index in [0.29, 0.717) is 22.2 Å². The van der Waals surface area contributed by atoms with Crippen molar-refractivity contribution >= 4 is 39.2 Å². The number of nitrogens with zero attached hydrogens (tertiary/aromatic N) is 2. The number of carbonyl (C=O) groups is 1. The smallest absolute Gasteiger partial charge is 0.270 e. The third kappa shape index (κ3) is 3.08. The Morgan fingerprint density at radius 2 is 1.94 bits per heavy atom. The van der Waals surface area contributed by atoms with Crippen molar-refractivity contribution < 1.29 is 18.3 Å². The van der Waals surface area contributed by atoms with Crippen LogP contribution in [-0.4, -0.2) is 39.4 Å². The first kappa shape index (κ1) is 19.7. The number of rotatable bonds is 2. The molecule has 4 aromatic rings. The van der Waals surface area contributed by atoms with Gasteiger partial charge in [0.2, 0.25) is 0 Å². The number of likely N-dealkylation sites (N-methyl/N-ethyl adjacent to an activating group) is 1. The van der Waals surface area contributed by atoms with Crippen molar-refractivity contribution in [3.8, 4) is 0 Å². The SMILES string of the molecule is CN(C(=O)c1cc2c(Cl)nccc2[nH]1)[C@@H]1COCc2[nH]c(=O)c3cc(F)c(F)cc3c21. The molecule has 2 N–H and O–H groups in total. The molecule has 0 bridgehead atoms. The van der Waals surface area contributed by atoms with Crippen molar-refractivity contribution in [2.75, 3.05) is 13.7 Å². The number of aromatic nitrogens is 3. The third-order valence-corrected chi connectivity index (χ3v) is 5.86.